The Hall–Kier alpha value is -4.78. The number of rotatable bonds is 8. The molecule has 0 saturated carbocycles. The van der Waals surface area contributed by atoms with Gasteiger partial charge in [0.25, 0.3) is 11.8 Å². The van der Waals surface area contributed by atoms with Crippen molar-refractivity contribution in [3.8, 4) is 11.6 Å². The van der Waals surface area contributed by atoms with Crippen LogP contribution in [-0.2, 0) is 15.7 Å². The number of aliphatic imine (C=N–C) groups is 1. The molecular formula is C26H22F3N7O3. The van der Waals surface area contributed by atoms with Crippen molar-refractivity contribution in [3.05, 3.63) is 83.6 Å². The molecule has 1 aliphatic rings. The number of fused-ring (bicyclic) bond motifs is 1. The lowest BCUT2D eigenvalue weighted by Gasteiger charge is -2.13. The van der Waals surface area contributed by atoms with Gasteiger partial charge in [-0.05, 0) is 12.1 Å². The molecule has 200 valence electrons. The lowest BCUT2D eigenvalue weighted by molar-refractivity contribution is -0.137. The van der Waals surface area contributed by atoms with Crippen molar-refractivity contribution >= 4 is 29.0 Å². The van der Waals surface area contributed by atoms with Crippen molar-refractivity contribution in [1.29, 1.82) is 0 Å². The zero-order valence-electron chi connectivity index (χ0n) is 20.5. The molecule has 0 saturated heterocycles. The van der Waals surface area contributed by atoms with E-state index in [9.17, 15) is 18.0 Å². The largest absolute Gasteiger partial charge is 0.417 e. The number of ether oxygens (including phenoxy) is 1. The SMILES string of the molecule is COCCNc1cc(C(F)(F)F)cnc1-c1nnc(N[C@H]2N=C(c3ccccc3)c3ccccc3NC2=O)o1. The number of para-hydroxylation sites is 1. The number of alkyl halides is 3. The monoisotopic (exact) mass is 537 g/mol. The summed E-state index contributed by atoms with van der Waals surface area (Å²) in [6.45, 7) is 0.457. The lowest BCUT2D eigenvalue weighted by Crippen LogP contribution is -2.32. The van der Waals surface area contributed by atoms with Gasteiger partial charge in [0.15, 0.2) is 5.69 Å². The van der Waals surface area contributed by atoms with Gasteiger partial charge in [0.1, 0.15) is 0 Å². The zero-order valence-corrected chi connectivity index (χ0v) is 20.5. The zero-order chi connectivity index (χ0) is 27.4. The van der Waals surface area contributed by atoms with Crippen molar-refractivity contribution < 1.29 is 27.1 Å². The van der Waals surface area contributed by atoms with Crippen LogP contribution in [0.1, 0.15) is 16.7 Å². The van der Waals surface area contributed by atoms with E-state index in [0.717, 1.165) is 17.2 Å². The second-order valence-corrected chi connectivity index (χ2v) is 8.38. The molecule has 3 heterocycles. The van der Waals surface area contributed by atoms with E-state index in [1.807, 2.05) is 42.5 Å². The summed E-state index contributed by atoms with van der Waals surface area (Å²) in [6, 6.07) is 17.4. The van der Waals surface area contributed by atoms with Gasteiger partial charge < -0.3 is 25.1 Å². The van der Waals surface area contributed by atoms with Gasteiger partial charge in [0.05, 0.1) is 29.3 Å². The van der Waals surface area contributed by atoms with Gasteiger partial charge in [0.2, 0.25) is 6.17 Å². The molecule has 3 N–H and O–H groups in total. The van der Waals surface area contributed by atoms with Crippen LogP contribution in [0.4, 0.5) is 30.6 Å². The van der Waals surface area contributed by atoms with Crippen molar-refractivity contribution in [1.82, 2.24) is 15.2 Å². The number of hydrogen-bond donors (Lipinski definition) is 3. The third-order valence-electron chi connectivity index (χ3n) is 5.72. The first-order valence-electron chi connectivity index (χ1n) is 11.8. The maximum absolute atomic E-state index is 13.3. The fraction of sp³-hybridized carbons (Fsp3) is 0.192. The number of benzodiazepines with no additional fused rings is 1. The van der Waals surface area contributed by atoms with Crippen molar-refractivity contribution in [3.63, 3.8) is 0 Å². The molecule has 0 fully saturated rings. The first kappa shape index (κ1) is 25.9. The topological polar surface area (TPSA) is 127 Å². The summed E-state index contributed by atoms with van der Waals surface area (Å²) in [5.41, 5.74) is 1.77. The summed E-state index contributed by atoms with van der Waals surface area (Å²) in [5.74, 6) is -0.626. The van der Waals surface area contributed by atoms with E-state index >= 15 is 0 Å². The van der Waals surface area contributed by atoms with E-state index in [4.69, 9.17) is 9.15 Å². The van der Waals surface area contributed by atoms with Crippen LogP contribution in [0.3, 0.4) is 0 Å². The molecule has 0 unspecified atom stereocenters. The molecule has 0 radical (unpaired) electrons. The third-order valence-corrected chi connectivity index (χ3v) is 5.72. The first-order chi connectivity index (χ1) is 18.8. The maximum Gasteiger partial charge on any atom is 0.417 e. The predicted molar refractivity (Wildman–Crippen MR) is 137 cm³/mol. The number of benzene rings is 2. The Morgan fingerprint density at radius 2 is 1.85 bits per heavy atom. The average molecular weight is 538 g/mol. The van der Waals surface area contributed by atoms with Gasteiger partial charge in [-0.15, -0.1) is 5.10 Å². The summed E-state index contributed by atoms with van der Waals surface area (Å²) < 4.78 is 50.4. The number of amides is 1. The number of methoxy groups -OCH3 is 1. The van der Waals surface area contributed by atoms with Crippen LogP contribution in [0, 0.1) is 0 Å². The molecule has 2 aromatic heterocycles. The molecule has 1 amide bonds. The molecule has 39 heavy (non-hydrogen) atoms. The van der Waals surface area contributed by atoms with Crippen molar-refractivity contribution in [2.75, 3.05) is 36.2 Å². The van der Waals surface area contributed by atoms with Crippen molar-refractivity contribution in [2.24, 2.45) is 4.99 Å². The number of nitrogens with zero attached hydrogens (tertiary/aromatic N) is 4. The normalized spacial score (nSPS) is 15.1. The van der Waals surface area contributed by atoms with Crippen LogP contribution >= 0.6 is 0 Å². The Labute approximate surface area is 220 Å². The standard InChI is InChI=1S/C26H22F3N7O3/c1-38-12-11-30-19-13-16(26(27,28)29)14-31-21(19)24-35-36-25(39-24)34-22-23(37)32-18-10-6-5-9-17(18)20(33-22)15-7-3-2-4-8-15/h2-10,13-14,22,30H,11-12H2,1H3,(H,32,37)(H,34,36)/t22-/m1/s1. The third kappa shape index (κ3) is 5.72. The van der Waals surface area contributed by atoms with Crippen molar-refractivity contribution in [2.45, 2.75) is 12.3 Å². The minimum absolute atomic E-state index is 0.00542. The Morgan fingerprint density at radius 3 is 2.62 bits per heavy atom. The van der Waals surface area contributed by atoms with E-state index in [1.54, 1.807) is 12.1 Å². The number of nitrogens with one attached hydrogen (secondary N) is 3. The first-order valence-corrected chi connectivity index (χ1v) is 11.8. The number of hydrogen-bond acceptors (Lipinski definition) is 9. The fourth-order valence-electron chi connectivity index (χ4n) is 3.89. The molecule has 4 aromatic rings. The maximum atomic E-state index is 13.3. The molecule has 2 aromatic carbocycles. The smallest absolute Gasteiger partial charge is 0.402 e. The fourth-order valence-corrected chi connectivity index (χ4v) is 3.89. The minimum atomic E-state index is -4.59. The average Bonchev–Trinajstić information content (AvgIpc) is 3.34. The van der Waals surface area contributed by atoms with Crippen LogP contribution in [-0.4, -0.2) is 53.2 Å². The molecule has 0 bridgehead atoms. The van der Waals surface area contributed by atoms with Gasteiger partial charge in [-0.25, -0.2) is 9.98 Å². The summed E-state index contributed by atoms with van der Waals surface area (Å²) >= 11 is 0. The Balaban J connectivity index is 1.46. The highest BCUT2D eigenvalue weighted by Crippen LogP contribution is 2.34. The number of anilines is 3. The highest BCUT2D eigenvalue weighted by molar-refractivity contribution is 6.19. The molecule has 1 atom stereocenters. The summed E-state index contributed by atoms with van der Waals surface area (Å²) in [5, 5.41) is 16.3. The van der Waals surface area contributed by atoms with E-state index in [0.29, 0.717) is 17.6 Å². The molecular weight excluding hydrogens is 515 g/mol. The predicted octanol–water partition coefficient (Wildman–Crippen LogP) is 4.44. The van der Waals surface area contributed by atoms with Gasteiger partial charge in [-0.1, -0.05) is 53.6 Å². The van der Waals surface area contributed by atoms with Crippen LogP contribution in [0.25, 0.3) is 11.6 Å². The number of aromatic nitrogens is 3. The Kier molecular flexibility index (Phi) is 7.23. The van der Waals surface area contributed by atoms with Crippen LogP contribution in [0.2, 0.25) is 0 Å². The van der Waals surface area contributed by atoms with E-state index in [1.165, 1.54) is 7.11 Å². The molecule has 10 nitrogen and oxygen atoms in total. The second kappa shape index (κ2) is 10.9. The van der Waals surface area contributed by atoms with Crippen LogP contribution in [0.15, 0.2) is 76.3 Å². The second-order valence-electron chi connectivity index (χ2n) is 8.38. The van der Waals surface area contributed by atoms with E-state index < -0.39 is 23.8 Å². The van der Waals surface area contributed by atoms with Crippen LogP contribution < -0.4 is 16.0 Å². The summed E-state index contributed by atoms with van der Waals surface area (Å²) in [4.78, 5) is 21.6. The van der Waals surface area contributed by atoms with Crippen LogP contribution in [0.5, 0.6) is 0 Å². The van der Waals surface area contributed by atoms with Gasteiger partial charge in [-0.2, -0.15) is 13.2 Å². The quantitative estimate of drug-likeness (QED) is 0.282. The number of halogens is 3. The number of carbonyl (C=O) groups is 1. The van der Waals surface area contributed by atoms with Gasteiger partial charge in [-0.3, -0.25) is 4.79 Å². The van der Waals surface area contributed by atoms with Gasteiger partial charge in [0, 0.05) is 31.0 Å². The summed E-state index contributed by atoms with van der Waals surface area (Å²) in [7, 11) is 1.47. The van der Waals surface area contributed by atoms with E-state index in [2.05, 4.69) is 36.1 Å². The highest BCUT2D eigenvalue weighted by Gasteiger charge is 2.33. The molecule has 0 aliphatic carbocycles. The molecule has 5 rings (SSSR count). The Morgan fingerprint density at radius 1 is 1.08 bits per heavy atom. The lowest BCUT2D eigenvalue weighted by atomic mass is 10.0. The molecule has 13 heteroatoms. The number of carbonyl (C=O) groups excluding carboxylic acids is 1. The Bertz CT molecular complexity index is 1510. The van der Waals surface area contributed by atoms with E-state index in [-0.39, 0.29) is 36.4 Å². The summed E-state index contributed by atoms with van der Waals surface area (Å²) in [6.07, 6.45) is -5.06. The number of pyridine rings is 1. The molecule has 0 spiro atoms. The minimum Gasteiger partial charge on any atom is -0.402 e. The molecule has 1 aliphatic heterocycles. The van der Waals surface area contributed by atoms with Gasteiger partial charge >= 0.3 is 12.2 Å². The highest BCUT2D eigenvalue weighted by atomic mass is 19.4.